The Kier molecular flexibility index (Phi) is 5.64. The molecule has 0 radical (unpaired) electrons. The molecule has 2 nitrogen and oxygen atoms in total. The smallest absolute Gasteiger partial charge is 0.132 e. The lowest BCUT2D eigenvalue weighted by Crippen LogP contribution is -1.91. The Hall–Kier alpha value is -2.00. The van der Waals surface area contributed by atoms with Crippen molar-refractivity contribution in [3.8, 4) is 0 Å². The van der Waals surface area contributed by atoms with Gasteiger partial charge in [0.2, 0.25) is 0 Å². The molecule has 0 saturated heterocycles. The molecule has 0 atom stereocenters. The third-order valence-electron chi connectivity index (χ3n) is 2.94. The molecule has 108 valence electrons. The fraction of sp³-hybridized carbons (Fsp3) is 0.176. The first-order valence-electron chi connectivity index (χ1n) is 6.79. The number of hydrogen-bond acceptors (Lipinski definition) is 2. The van der Waals surface area contributed by atoms with Crippen LogP contribution in [0.2, 0.25) is 5.02 Å². The maximum Gasteiger partial charge on any atom is 0.132 e. The molecule has 2 aromatic carbocycles. The quantitative estimate of drug-likeness (QED) is 0.555. The van der Waals surface area contributed by atoms with Gasteiger partial charge in [-0.15, -0.1) is 0 Å². The highest BCUT2D eigenvalue weighted by molar-refractivity contribution is 6.30. The van der Waals surface area contributed by atoms with Crippen molar-refractivity contribution in [2.24, 2.45) is 10.2 Å². The van der Waals surface area contributed by atoms with E-state index in [1.807, 2.05) is 18.2 Å². The van der Waals surface area contributed by atoms with E-state index >= 15 is 0 Å². The first-order valence-corrected chi connectivity index (χ1v) is 7.17. The van der Waals surface area contributed by atoms with Crippen molar-refractivity contribution in [2.75, 3.05) is 0 Å². The molecule has 0 fully saturated rings. The van der Waals surface area contributed by atoms with Gasteiger partial charge in [0.05, 0.1) is 12.4 Å². The van der Waals surface area contributed by atoms with Crippen LogP contribution in [0.25, 0.3) is 0 Å². The van der Waals surface area contributed by atoms with E-state index in [0.29, 0.717) is 10.6 Å². The zero-order valence-electron chi connectivity index (χ0n) is 11.8. The summed E-state index contributed by atoms with van der Waals surface area (Å²) in [6.45, 7) is 2.07. The Labute approximate surface area is 129 Å². The van der Waals surface area contributed by atoms with Crippen LogP contribution in [0.1, 0.15) is 30.0 Å². The number of halogens is 2. The minimum Gasteiger partial charge on any atom is -0.206 e. The maximum atomic E-state index is 13.8. The maximum absolute atomic E-state index is 13.8. The van der Waals surface area contributed by atoms with Crippen molar-refractivity contribution in [3.05, 3.63) is 70.0 Å². The van der Waals surface area contributed by atoms with Crippen LogP contribution in [-0.4, -0.2) is 12.4 Å². The number of benzene rings is 2. The minimum atomic E-state index is -0.272. The second kappa shape index (κ2) is 7.70. The van der Waals surface area contributed by atoms with Crippen molar-refractivity contribution in [3.63, 3.8) is 0 Å². The van der Waals surface area contributed by atoms with E-state index in [0.717, 1.165) is 24.0 Å². The summed E-state index contributed by atoms with van der Waals surface area (Å²) in [5, 5.41) is 8.44. The molecule has 0 bridgehead atoms. The molecule has 0 amide bonds. The summed E-state index contributed by atoms with van der Waals surface area (Å²) in [6.07, 6.45) is 4.88. The zero-order chi connectivity index (χ0) is 15.1. The fourth-order valence-electron chi connectivity index (χ4n) is 1.86. The molecule has 2 aromatic rings. The van der Waals surface area contributed by atoms with Gasteiger partial charge in [-0.1, -0.05) is 49.2 Å². The highest BCUT2D eigenvalue weighted by Gasteiger charge is 2.00. The summed E-state index contributed by atoms with van der Waals surface area (Å²) in [5.74, 6) is -0.272. The van der Waals surface area contributed by atoms with Crippen LogP contribution in [0.3, 0.4) is 0 Å². The van der Waals surface area contributed by atoms with E-state index in [1.165, 1.54) is 6.21 Å². The molecule has 0 heterocycles. The van der Waals surface area contributed by atoms with Crippen molar-refractivity contribution in [1.82, 2.24) is 0 Å². The lowest BCUT2D eigenvalue weighted by molar-refractivity contribution is 0.623. The number of nitrogens with zero attached hydrogens (tertiary/aromatic N) is 2. The number of hydrogen-bond donors (Lipinski definition) is 0. The average molecular weight is 303 g/mol. The second-order valence-electron chi connectivity index (χ2n) is 4.65. The number of aryl methyl sites for hydroxylation is 1. The van der Waals surface area contributed by atoms with Gasteiger partial charge in [0.15, 0.2) is 0 Å². The molecular weight excluding hydrogens is 287 g/mol. The van der Waals surface area contributed by atoms with Crippen molar-refractivity contribution in [2.45, 2.75) is 19.8 Å². The summed E-state index contributed by atoms with van der Waals surface area (Å²) in [6, 6.07) is 12.4. The topological polar surface area (TPSA) is 24.7 Å². The van der Waals surface area contributed by atoms with Crippen molar-refractivity contribution in [1.29, 1.82) is 0 Å². The van der Waals surface area contributed by atoms with Crippen LogP contribution in [0.5, 0.6) is 0 Å². The van der Waals surface area contributed by atoms with Gasteiger partial charge in [0, 0.05) is 10.6 Å². The summed E-state index contributed by atoms with van der Waals surface area (Å²) < 4.78 is 13.8. The molecule has 0 aromatic heterocycles. The summed E-state index contributed by atoms with van der Waals surface area (Å²) in [5.41, 5.74) is 2.32. The molecule has 21 heavy (non-hydrogen) atoms. The lowest BCUT2D eigenvalue weighted by Gasteiger charge is -2.00. The molecule has 0 unspecified atom stereocenters. The highest BCUT2D eigenvalue weighted by Crippen LogP contribution is 2.11. The van der Waals surface area contributed by atoms with Crippen LogP contribution in [0.4, 0.5) is 4.39 Å². The molecular formula is C17H16ClFN2. The van der Waals surface area contributed by atoms with Crippen LogP contribution in [0.15, 0.2) is 52.7 Å². The summed E-state index contributed by atoms with van der Waals surface area (Å²) in [4.78, 5) is 0. The molecule has 0 aliphatic heterocycles. The Balaban J connectivity index is 2.02. The lowest BCUT2D eigenvalue weighted by atomic mass is 10.1. The van der Waals surface area contributed by atoms with E-state index in [4.69, 9.17) is 11.6 Å². The minimum absolute atomic E-state index is 0.272. The molecule has 0 N–H and O–H groups in total. The van der Waals surface area contributed by atoms with Crippen LogP contribution in [-0.2, 0) is 6.42 Å². The van der Waals surface area contributed by atoms with Gasteiger partial charge in [0.1, 0.15) is 5.82 Å². The highest BCUT2D eigenvalue weighted by atomic mass is 35.5. The standard InChI is InChI=1S/C17H16ClFN2/c1-2-3-13-4-7-15(17(19)10-13)12-21-20-11-14-5-8-16(18)9-6-14/h4-12H,2-3H2,1H3/b20-11+,21-12+. The van der Waals surface area contributed by atoms with Crippen LogP contribution < -0.4 is 0 Å². The third kappa shape index (κ3) is 4.80. The normalized spacial score (nSPS) is 11.6. The Morgan fingerprint density at radius 3 is 2.43 bits per heavy atom. The molecule has 0 spiro atoms. The molecule has 0 saturated carbocycles. The van der Waals surface area contributed by atoms with E-state index in [-0.39, 0.29) is 5.82 Å². The fourth-order valence-corrected chi connectivity index (χ4v) is 1.99. The average Bonchev–Trinajstić information content (AvgIpc) is 2.47. The molecule has 0 aliphatic carbocycles. The summed E-state index contributed by atoms with van der Waals surface area (Å²) in [7, 11) is 0. The number of rotatable bonds is 5. The van der Waals surface area contributed by atoms with Crippen molar-refractivity contribution < 1.29 is 4.39 Å². The van der Waals surface area contributed by atoms with Gasteiger partial charge in [0.25, 0.3) is 0 Å². The predicted molar refractivity (Wildman–Crippen MR) is 87.0 cm³/mol. The van der Waals surface area contributed by atoms with Gasteiger partial charge in [-0.05, 0) is 35.7 Å². The Bertz CT molecular complexity index is 648. The Morgan fingerprint density at radius 2 is 1.76 bits per heavy atom. The first kappa shape index (κ1) is 15.4. The van der Waals surface area contributed by atoms with Gasteiger partial charge >= 0.3 is 0 Å². The molecule has 2 rings (SSSR count). The van der Waals surface area contributed by atoms with E-state index in [9.17, 15) is 4.39 Å². The molecule has 0 aliphatic rings. The third-order valence-corrected chi connectivity index (χ3v) is 3.20. The van der Waals surface area contributed by atoms with Gasteiger partial charge in [-0.2, -0.15) is 10.2 Å². The second-order valence-corrected chi connectivity index (χ2v) is 5.08. The van der Waals surface area contributed by atoms with Crippen LogP contribution >= 0.6 is 11.6 Å². The van der Waals surface area contributed by atoms with Crippen molar-refractivity contribution >= 4 is 24.0 Å². The van der Waals surface area contributed by atoms with E-state index in [1.54, 1.807) is 30.5 Å². The SMILES string of the molecule is CCCc1ccc(/C=N/N=C/c2ccc(Cl)cc2)c(F)c1. The van der Waals surface area contributed by atoms with E-state index < -0.39 is 0 Å². The van der Waals surface area contributed by atoms with Gasteiger partial charge < -0.3 is 0 Å². The van der Waals surface area contributed by atoms with Gasteiger partial charge in [-0.3, -0.25) is 0 Å². The monoisotopic (exact) mass is 302 g/mol. The van der Waals surface area contributed by atoms with Gasteiger partial charge in [-0.25, -0.2) is 4.39 Å². The Morgan fingerprint density at radius 1 is 1.05 bits per heavy atom. The summed E-state index contributed by atoms with van der Waals surface area (Å²) >= 11 is 5.79. The first-order chi connectivity index (χ1) is 10.2. The predicted octanol–water partition coefficient (Wildman–Crippen LogP) is 4.88. The van der Waals surface area contributed by atoms with E-state index in [2.05, 4.69) is 17.1 Å². The molecule has 4 heteroatoms. The zero-order valence-corrected chi connectivity index (χ0v) is 12.5. The van der Waals surface area contributed by atoms with Crippen LogP contribution in [0, 0.1) is 5.82 Å². The largest absolute Gasteiger partial charge is 0.206 e.